The number of hydrogen-bond donors (Lipinski definition) is 2. The standard InChI is InChI=1S/C30H21N3.C7H9N.C7H8.CH3N/c1-20-15-17-22(18-16-20)33-28-14-8-6-12-24(28)26-19-25-23-11-5-7-13-27(23)32(29(25)31-30(26)33)21-9-3-2-4-10-21;8-6-7-4-2-1-3-5-7;1-7-5-3-2-4-6-7;1-2/h2-19H,1H3;1-5H,6,8H2;2-6H,1H3;2H,1H2. The molecule has 3 N–H and O–H groups in total. The molecule has 3 aromatic heterocycles. The van der Waals surface area contributed by atoms with Crippen LogP contribution in [0, 0.1) is 19.3 Å². The SMILES string of the molecule is C=N.Cc1ccc(-n2c3ccccc3c3cc4c5ccccc5n(-c5ccccc5)c4nc32)cc1.Cc1ccccc1.NCc1ccccc1. The van der Waals surface area contributed by atoms with Crippen LogP contribution >= 0.6 is 0 Å². The first-order valence-corrected chi connectivity index (χ1v) is 16.7. The smallest absolute Gasteiger partial charge is 0.148 e. The lowest BCUT2D eigenvalue weighted by atomic mass is 10.1. The van der Waals surface area contributed by atoms with Gasteiger partial charge < -0.3 is 11.1 Å². The topological polar surface area (TPSA) is 72.6 Å². The maximum atomic E-state index is 5.50. The van der Waals surface area contributed by atoms with Crippen molar-refractivity contribution >= 4 is 50.6 Å². The van der Waals surface area contributed by atoms with Crippen molar-refractivity contribution < 1.29 is 0 Å². The van der Waals surface area contributed by atoms with Gasteiger partial charge in [-0.05, 0) is 68.6 Å². The fourth-order valence-electron chi connectivity index (χ4n) is 6.19. The van der Waals surface area contributed by atoms with Crippen molar-refractivity contribution in [2.24, 2.45) is 5.73 Å². The van der Waals surface area contributed by atoms with E-state index >= 15 is 0 Å². The number of rotatable bonds is 3. The number of nitrogens with one attached hydrogen (secondary N) is 1. The zero-order valence-electron chi connectivity index (χ0n) is 28.5. The minimum Gasteiger partial charge on any atom is -0.326 e. The summed E-state index contributed by atoms with van der Waals surface area (Å²) in [4.78, 5) is 5.35. The number of aryl methyl sites for hydroxylation is 2. The molecule has 0 radical (unpaired) electrons. The minimum absolute atomic E-state index is 0.640. The Balaban J connectivity index is 0.000000210. The number of fused-ring (bicyclic) bond motifs is 6. The van der Waals surface area contributed by atoms with Crippen molar-refractivity contribution in [2.45, 2.75) is 20.4 Å². The Bertz CT molecular complexity index is 2440. The number of hydrogen-bond acceptors (Lipinski definition) is 3. The number of nitrogens with two attached hydrogens (primary N) is 1. The molecule has 50 heavy (non-hydrogen) atoms. The first-order chi connectivity index (χ1) is 24.6. The number of nitrogens with zero attached hydrogens (tertiary/aromatic N) is 3. The molecule has 0 unspecified atom stereocenters. The van der Waals surface area contributed by atoms with Gasteiger partial charge in [0.1, 0.15) is 11.3 Å². The first-order valence-electron chi connectivity index (χ1n) is 16.7. The van der Waals surface area contributed by atoms with Crippen LogP contribution in [0.1, 0.15) is 16.7 Å². The highest BCUT2D eigenvalue weighted by Gasteiger charge is 2.19. The molecule has 0 fully saturated rings. The average Bonchev–Trinajstić information content (AvgIpc) is 3.68. The zero-order chi connectivity index (χ0) is 34.9. The lowest BCUT2D eigenvalue weighted by molar-refractivity contribution is 1.07. The van der Waals surface area contributed by atoms with Crippen LogP contribution in [0.3, 0.4) is 0 Å². The van der Waals surface area contributed by atoms with Crippen LogP contribution in [-0.4, -0.2) is 20.8 Å². The van der Waals surface area contributed by atoms with Gasteiger partial charge in [-0.25, -0.2) is 4.98 Å². The van der Waals surface area contributed by atoms with Crippen molar-refractivity contribution in [1.82, 2.24) is 14.1 Å². The van der Waals surface area contributed by atoms with Gasteiger partial charge in [-0.2, -0.15) is 0 Å². The highest BCUT2D eigenvalue weighted by Crippen LogP contribution is 2.37. The van der Waals surface area contributed by atoms with Crippen LogP contribution in [0.25, 0.3) is 55.2 Å². The quantitative estimate of drug-likeness (QED) is 0.187. The summed E-state index contributed by atoms with van der Waals surface area (Å²) in [5, 5.41) is 10.3. The Morgan fingerprint density at radius 1 is 0.480 bits per heavy atom. The van der Waals surface area contributed by atoms with E-state index < -0.39 is 0 Å². The van der Waals surface area contributed by atoms with E-state index in [-0.39, 0.29) is 0 Å². The third-order valence-corrected chi connectivity index (χ3v) is 8.60. The van der Waals surface area contributed by atoms with Crippen LogP contribution in [0.2, 0.25) is 0 Å². The lowest BCUT2D eigenvalue weighted by Crippen LogP contribution is -1.98. The van der Waals surface area contributed by atoms with E-state index in [0.29, 0.717) is 6.54 Å². The molecule has 0 saturated heterocycles. The summed E-state index contributed by atoms with van der Waals surface area (Å²) in [6, 6.07) is 59.0. The van der Waals surface area contributed by atoms with Gasteiger partial charge in [-0.1, -0.05) is 139 Å². The van der Waals surface area contributed by atoms with Gasteiger partial charge in [0, 0.05) is 39.5 Å². The molecule has 9 rings (SSSR count). The van der Waals surface area contributed by atoms with Crippen LogP contribution in [0.15, 0.2) is 170 Å². The molecule has 9 aromatic rings. The number of aromatic nitrogens is 3. The molecule has 0 aliphatic heterocycles. The molecule has 0 aliphatic rings. The van der Waals surface area contributed by atoms with Crippen molar-refractivity contribution in [3.63, 3.8) is 0 Å². The zero-order valence-corrected chi connectivity index (χ0v) is 28.5. The van der Waals surface area contributed by atoms with E-state index in [9.17, 15) is 0 Å². The highest BCUT2D eigenvalue weighted by molar-refractivity contribution is 6.16. The lowest BCUT2D eigenvalue weighted by Gasteiger charge is -2.09. The molecule has 0 bridgehead atoms. The average molecular weight is 652 g/mol. The minimum atomic E-state index is 0.640. The summed E-state index contributed by atoms with van der Waals surface area (Å²) in [6.07, 6.45) is 0. The molecule has 246 valence electrons. The number of para-hydroxylation sites is 3. The van der Waals surface area contributed by atoms with Crippen molar-refractivity contribution in [3.05, 3.63) is 187 Å². The summed E-state index contributed by atoms with van der Waals surface area (Å²) in [5.74, 6) is 0. The second-order valence-corrected chi connectivity index (χ2v) is 12.0. The van der Waals surface area contributed by atoms with Gasteiger partial charge in [-0.3, -0.25) is 9.13 Å². The van der Waals surface area contributed by atoms with Crippen LogP contribution in [-0.2, 0) is 6.54 Å². The van der Waals surface area contributed by atoms with Crippen molar-refractivity contribution in [3.8, 4) is 11.4 Å². The van der Waals surface area contributed by atoms with Gasteiger partial charge in [0.15, 0.2) is 0 Å². The van der Waals surface area contributed by atoms with Gasteiger partial charge >= 0.3 is 0 Å². The van der Waals surface area contributed by atoms with E-state index in [1.807, 2.05) is 48.5 Å². The van der Waals surface area contributed by atoms with E-state index in [1.54, 1.807) is 0 Å². The maximum absolute atomic E-state index is 5.50. The molecule has 5 nitrogen and oxygen atoms in total. The molecule has 0 saturated carbocycles. The first kappa shape index (κ1) is 33.6. The third-order valence-electron chi connectivity index (χ3n) is 8.60. The second-order valence-electron chi connectivity index (χ2n) is 12.0. The Hall–Kier alpha value is -6.30. The predicted molar refractivity (Wildman–Crippen MR) is 213 cm³/mol. The van der Waals surface area contributed by atoms with Crippen LogP contribution in [0.4, 0.5) is 0 Å². The molecule has 6 aromatic carbocycles. The Morgan fingerprint density at radius 2 is 0.880 bits per heavy atom. The molecular formula is C45H41N5. The Labute approximate surface area is 293 Å². The molecule has 0 aliphatic carbocycles. The molecule has 0 atom stereocenters. The van der Waals surface area contributed by atoms with E-state index in [2.05, 4.69) is 151 Å². The summed E-state index contributed by atoms with van der Waals surface area (Å²) >= 11 is 0. The summed E-state index contributed by atoms with van der Waals surface area (Å²) < 4.78 is 4.57. The van der Waals surface area contributed by atoms with Gasteiger partial charge in [0.25, 0.3) is 0 Å². The maximum Gasteiger partial charge on any atom is 0.148 e. The van der Waals surface area contributed by atoms with E-state index in [1.165, 1.54) is 49.3 Å². The number of benzene rings is 6. The van der Waals surface area contributed by atoms with E-state index in [0.717, 1.165) is 22.7 Å². The molecule has 0 amide bonds. The summed E-state index contributed by atoms with van der Waals surface area (Å²) in [5.41, 5.74) is 15.7. The monoisotopic (exact) mass is 651 g/mol. The normalized spacial score (nSPS) is 10.5. The van der Waals surface area contributed by atoms with Crippen molar-refractivity contribution in [2.75, 3.05) is 0 Å². The summed E-state index contributed by atoms with van der Waals surface area (Å²) in [6.45, 7) is 7.34. The Kier molecular flexibility index (Phi) is 10.6. The fourth-order valence-corrected chi connectivity index (χ4v) is 6.19. The second kappa shape index (κ2) is 15.7. The molecule has 5 heteroatoms. The summed E-state index contributed by atoms with van der Waals surface area (Å²) in [7, 11) is 0. The van der Waals surface area contributed by atoms with Crippen LogP contribution in [0.5, 0.6) is 0 Å². The van der Waals surface area contributed by atoms with Gasteiger partial charge in [-0.15, -0.1) is 0 Å². The fraction of sp³-hybridized carbons (Fsp3) is 0.0667. The third kappa shape index (κ3) is 6.95. The van der Waals surface area contributed by atoms with Crippen LogP contribution < -0.4 is 5.73 Å². The van der Waals surface area contributed by atoms with Gasteiger partial charge in [0.2, 0.25) is 0 Å². The van der Waals surface area contributed by atoms with Crippen molar-refractivity contribution in [1.29, 1.82) is 5.41 Å². The number of pyridine rings is 1. The van der Waals surface area contributed by atoms with E-state index in [4.69, 9.17) is 16.1 Å². The largest absolute Gasteiger partial charge is 0.326 e. The molecule has 0 spiro atoms. The molecule has 3 heterocycles. The Morgan fingerprint density at radius 3 is 1.32 bits per heavy atom. The van der Waals surface area contributed by atoms with Gasteiger partial charge in [0.05, 0.1) is 11.0 Å². The molecular weight excluding hydrogens is 611 g/mol. The highest BCUT2D eigenvalue weighted by atomic mass is 15.1. The predicted octanol–water partition coefficient (Wildman–Crippen LogP) is 11.0.